The second-order valence-electron chi connectivity index (χ2n) is 9.12. The van der Waals surface area contributed by atoms with Crippen LogP contribution in [0, 0.1) is 0 Å². The second-order valence-corrected chi connectivity index (χ2v) is 10.0. The number of hydrogen-bond donors (Lipinski definition) is 0. The molecule has 136 valence electrons. The molecule has 0 saturated carbocycles. The topological polar surface area (TPSA) is 0 Å². The van der Waals surface area contributed by atoms with Gasteiger partial charge in [-0.2, -0.15) is 0 Å². The van der Waals surface area contributed by atoms with Crippen molar-refractivity contribution in [3.8, 4) is 22.3 Å². The summed E-state index contributed by atoms with van der Waals surface area (Å²) in [5, 5.41) is 0. The SMILES string of the molecule is CCc1ccc2c(c1)C(C)(C)c1cc3c(cc1-2)C(C)(C)c1cc(Br)ccc1-3. The van der Waals surface area contributed by atoms with Crippen molar-refractivity contribution in [2.24, 2.45) is 0 Å². The van der Waals surface area contributed by atoms with Crippen LogP contribution in [0.4, 0.5) is 0 Å². The minimum atomic E-state index is 0.0275. The zero-order valence-corrected chi connectivity index (χ0v) is 18.3. The molecule has 0 heterocycles. The summed E-state index contributed by atoms with van der Waals surface area (Å²) in [6, 6.07) is 18.8. The van der Waals surface area contributed by atoms with E-state index >= 15 is 0 Å². The molecule has 0 aliphatic heterocycles. The molecule has 1 heteroatoms. The highest BCUT2D eigenvalue weighted by molar-refractivity contribution is 9.10. The number of rotatable bonds is 1. The predicted octanol–water partition coefficient (Wildman–Crippen LogP) is 7.62. The Balaban J connectivity index is 1.81. The zero-order valence-electron chi connectivity index (χ0n) is 16.7. The first kappa shape index (κ1) is 17.3. The minimum Gasteiger partial charge on any atom is -0.0613 e. The predicted molar refractivity (Wildman–Crippen MR) is 119 cm³/mol. The van der Waals surface area contributed by atoms with Crippen LogP contribution in [0.1, 0.15) is 62.4 Å². The molecule has 5 rings (SSSR count). The molecule has 0 N–H and O–H groups in total. The maximum absolute atomic E-state index is 3.67. The van der Waals surface area contributed by atoms with Crippen molar-refractivity contribution in [1.29, 1.82) is 0 Å². The van der Waals surface area contributed by atoms with Crippen molar-refractivity contribution in [1.82, 2.24) is 0 Å². The van der Waals surface area contributed by atoms with Crippen LogP contribution in [0.25, 0.3) is 22.3 Å². The Morgan fingerprint density at radius 1 is 0.630 bits per heavy atom. The first-order valence-corrected chi connectivity index (χ1v) is 10.7. The molecule has 0 bridgehead atoms. The molecule has 3 aromatic rings. The molecule has 0 unspecified atom stereocenters. The van der Waals surface area contributed by atoms with Crippen LogP contribution in [0.2, 0.25) is 0 Å². The van der Waals surface area contributed by atoms with Crippen LogP contribution in [0.5, 0.6) is 0 Å². The first-order chi connectivity index (χ1) is 12.7. The largest absolute Gasteiger partial charge is 0.0613 e. The van der Waals surface area contributed by atoms with Gasteiger partial charge < -0.3 is 0 Å². The molecule has 0 spiro atoms. The van der Waals surface area contributed by atoms with E-state index < -0.39 is 0 Å². The monoisotopic (exact) mass is 416 g/mol. The first-order valence-electron chi connectivity index (χ1n) is 9.88. The van der Waals surface area contributed by atoms with Gasteiger partial charge in [0.05, 0.1) is 0 Å². The Morgan fingerprint density at radius 2 is 1.11 bits per heavy atom. The summed E-state index contributed by atoms with van der Waals surface area (Å²) < 4.78 is 1.16. The van der Waals surface area contributed by atoms with Crippen molar-refractivity contribution in [2.75, 3.05) is 0 Å². The average Bonchev–Trinajstić information content (AvgIpc) is 3.00. The number of fused-ring (bicyclic) bond motifs is 6. The smallest absolute Gasteiger partial charge is 0.0178 e. The molecule has 3 aromatic carbocycles. The summed E-state index contributed by atoms with van der Waals surface area (Å²) in [5.74, 6) is 0. The molecule has 0 fully saturated rings. The molecule has 0 amide bonds. The van der Waals surface area contributed by atoms with Gasteiger partial charge in [-0.05, 0) is 80.8 Å². The van der Waals surface area contributed by atoms with Gasteiger partial charge >= 0.3 is 0 Å². The quantitative estimate of drug-likeness (QED) is 0.382. The van der Waals surface area contributed by atoms with Crippen molar-refractivity contribution >= 4 is 15.9 Å². The van der Waals surface area contributed by atoms with Gasteiger partial charge in [0.1, 0.15) is 0 Å². The molecule has 2 aliphatic rings. The third kappa shape index (κ3) is 2.15. The third-order valence-corrected chi connectivity index (χ3v) is 7.40. The van der Waals surface area contributed by atoms with E-state index in [4.69, 9.17) is 0 Å². The van der Waals surface area contributed by atoms with Crippen LogP contribution < -0.4 is 0 Å². The Kier molecular flexibility index (Phi) is 3.42. The lowest BCUT2D eigenvalue weighted by Crippen LogP contribution is -2.17. The fourth-order valence-electron chi connectivity index (χ4n) is 5.20. The number of benzene rings is 3. The Morgan fingerprint density at radius 3 is 1.67 bits per heavy atom. The summed E-state index contributed by atoms with van der Waals surface area (Å²) >= 11 is 3.67. The second kappa shape index (κ2) is 5.35. The van der Waals surface area contributed by atoms with E-state index in [-0.39, 0.29) is 10.8 Å². The van der Waals surface area contributed by atoms with E-state index in [1.807, 2.05) is 0 Å². The van der Waals surface area contributed by atoms with E-state index in [1.165, 1.54) is 50.1 Å². The van der Waals surface area contributed by atoms with Gasteiger partial charge in [-0.25, -0.2) is 0 Å². The van der Waals surface area contributed by atoms with Gasteiger partial charge in [0.15, 0.2) is 0 Å². The van der Waals surface area contributed by atoms with Crippen molar-refractivity contribution in [3.05, 3.63) is 80.8 Å². The standard InChI is InChI=1S/C26H25Br/c1-6-15-7-9-17-19-13-24-20(14-23(19)25(2,3)21(17)11-15)18-10-8-16(27)12-22(18)26(24,4)5/h7-14H,6H2,1-5H3. The number of hydrogen-bond acceptors (Lipinski definition) is 0. The van der Waals surface area contributed by atoms with E-state index in [9.17, 15) is 0 Å². The molecule has 0 aromatic heterocycles. The lowest BCUT2D eigenvalue weighted by molar-refractivity contribution is 0.651. The zero-order chi connectivity index (χ0) is 19.1. The lowest BCUT2D eigenvalue weighted by atomic mass is 9.79. The third-order valence-electron chi connectivity index (χ3n) is 6.91. The van der Waals surface area contributed by atoms with Crippen LogP contribution >= 0.6 is 15.9 Å². The number of halogens is 1. The van der Waals surface area contributed by atoms with E-state index in [0.717, 1.165) is 10.9 Å². The fraction of sp³-hybridized carbons (Fsp3) is 0.308. The van der Waals surface area contributed by atoms with Crippen LogP contribution in [0.3, 0.4) is 0 Å². The summed E-state index contributed by atoms with van der Waals surface area (Å²) in [5.41, 5.74) is 13.0. The van der Waals surface area contributed by atoms with Gasteiger partial charge in [-0.15, -0.1) is 0 Å². The summed E-state index contributed by atoms with van der Waals surface area (Å²) in [6.07, 6.45) is 1.09. The van der Waals surface area contributed by atoms with Crippen LogP contribution in [-0.4, -0.2) is 0 Å². The Hall–Kier alpha value is -1.86. The van der Waals surface area contributed by atoms with Gasteiger partial charge in [0.25, 0.3) is 0 Å². The number of aryl methyl sites for hydroxylation is 1. The molecule has 0 radical (unpaired) electrons. The fourth-order valence-corrected chi connectivity index (χ4v) is 5.56. The van der Waals surface area contributed by atoms with Crippen molar-refractivity contribution in [2.45, 2.75) is 51.9 Å². The maximum atomic E-state index is 3.67. The van der Waals surface area contributed by atoms with Gasteiger partial charge in [0.2, 0.25) is 0 Å². The molecule has 0 nitrogen and oxygen atoms in total. The van der Waals surface area contributed by atoms with E-state index in [2.05, 4.69) is 99.1 Å². The van der Waals surface area contributed by atoms with Crippen LogP contribution in [-0.2, 0) is 17.3 Å². The van der Waals surface area contributed by atoms with Gasteiger partial charge in [-0.1, -0.05) is 74.8 Å². The molecule has 2 aliphatic carbocycles. The molecule has 0 saturated heterocycles. The van der Waals surface area contributed by atoms with E-state index in [1.54, 1.807) is 0 Å². The van der Waals surface area contributed by atoms with Gasteiger partial charge in [-0.3, -0.25) is 0 Å². The van der Waals surface area contributed by atoms with E-state index in [0.29, 0.717) is 0 Å². The maximum Gasteiger partial charge on any atom is 0.0178 e. The Bertz CT molecular complexity index is 1120. The molecular formula is C26H25Br. The summed E-state index contributed by atoms with van der Waals surface area (Å²) in [4.78, 5) is 0. The van der Waals surface area contributed by atoms with Crippen LogP contribution in [0.15, 0.2) is 53.0 Å². The van der Waals surface area contributed by atoms with Gasteiger partial charge in [0, 0.05) is 15.3 Å². The van der Waals surface area contributed by atoms with Crippen molar-refractivity contribution < 1.29 is 0 Å². The highest BCUT2D eigenvalue weighted by atomic mass is 79.9. The normalized spacial score (nSPS) is 17.3. The lowest BCUT2D eigenvalue weighted by Gasteiger charge is -2.24. The molecule has 27 heavy (non-hydrogen) atoms. The highest BCUT2D eigenvalue weighted by Crippen LogP contribution is 2.56. The molecular weight excluding hydrogens is 392 g/mol. The average molecular weight is 417 g/mol. The summed E-state index contributed by atoms with van der Waals surface area (Å²) in [7, 11) is 0. The Labute approximate surface area is 170 Å². The minimum absolute atomic E-state index is 0.0275. The van der Waals surface area contributed by atoms with Crippen molar-refractivity contribution in [3.63, 3.8) is 0 Å². The molecule has 0 atom stereocenters. The summed E-state index contributed by atoms with van der Waals surface area (Å²) in [6.45, 7) is 11.7. The highest BCUT2D eigenvalue weighted by Gasteiger charge is 2.41.